The number of thiophene rings is 2. The van der Waals surface area contributed by atoms with Crippen molar-refractivity contribution in [2.24, 2.45) is 0 Å². The highest BCUT2D eigenvalue weighted by molar-refractivity contribution is 7.90. The summed E-state index contributed by atoms with van der Waals surface area (Å²) < 4.78 is 42.9. The van der Waals surface area contributed by atoms with Crippen LogP contribution >= 0.6 is 22.7 Å². The van der Waals surface area contributed by atoms with E-state index in [0.29, 0.717) is 35.6 Å². The highest BCUT2D eigenvalue weighted by Crippen LogP contribution is 2.31. The normalized spacial score (nSPS) is 14.3. The van der Waals surface area contributed by atoms with E-state index in [4.69, 9.17) is 20.2 Å². The fourth-order valence-electron chi connectivity index (χ4n) is 8.76. The Morgan fingerprint density at radius 1 is 0.641 bits per heavy atom. The van der Waals surface area contributed by atoms with Crippen molar-refractivity contribution in [1.29, 1.82) is 0 Å². The van der Waals surface area contributed by atoms with Crippen LogP contribution in [-0.2, 0) is 32.8 Å². The number of hydrogen-bond acceptors (Lipinski definition) is 16. The van der Waals surface area contributed by atoms with E-state index in [0.717, 1.165) is 132 Å². The Morgan fingerprint density at radius 3 is 1.60 bits per heavy atom. The minimum absolute atomic E-state index is 0.0178. The number of piperidine rings is 2. The molecule has 0 spiro atoms. The monoisotopic (exact) mass is 1150 g/mol. The number of carbonyl (C=O) groups is 2. The zero-order chi connectivity index (χ0) is 55.8. The number of nitrogens with zero attached hydrogens (tertiary/aromatic N) is 12. The van der Waals surface area contributed by atoms with E-state index in [2.05, 4.69) is 69.7 Å². The van der Waals surface area contributed by atoms with Gasteiger partial charge < -0.3 is 30.3 Å². The summed E-state index contributed by atoms with van der Waals surface area (Å²) in [5, 5.41) is 13.8. The van der Waals surface area contributed by atoms with Crippen LogP contribution in [0.25, 0.3) is 33.8 Å². The number of aromatic nitrogens is 10. The molecule has 10 heterocycles. The van der Waals surface area contributed by atoms with Gasteiger partial charge in [-0.1, -0.05) is 39.3 Å². The molecule has 0 radical (unpaired) electrons. The second-order valence-electron chi connectivity index (χ2n) is 22.3. The third-order valence-corrected chi connectivity index (χ3v) is 19.3. The van der Waals surface area contributed by atoms with Crippen LogP contribution in [-0.4, -0.2) is 140 Å². The van der Waals surface area contributed by atoms with Crippen molar-refractivity contribution < 1.29 is 27.5 Å². The molecular weight excluding hydrogens is 1080 g/mol. The minimum atomic E-state index is -3.47. The topological polar surface area (TPSA) is 227 Å². The Kier molecular flexibility index (Phi) is 18.9. The van der Waals surface area contributed by atoms with Crippen LogP contribution in [0.4, 0.5) is 15.8 Å². The van der Waals surface area contributed by atoms with Gasteiger partial charge >= 0.3 is 0 Å². The molecule has 2 aliphatic heterocycles. The Hall–Kier alpha value is -6.10. The summed E-state index contributed by atoms with van der Waals surface area (Å²) in [7, 11) is -5.70. The molecule has 0 aromatic carbocycles. The van der Waals surface area contributed by atoms with E-state index >= 15 is 0 Å². The van der Waals surface area contributed by atoms with Crippen LogP contribution in [0.1, 0.15) is 69.3 Å². The lowest BCUT2D eigenvalue weighted by Crippen LogP contribution is -2.35. The lowest BCUT2D eigenvalue weighted by molar-refractivity contribution is 0.0722. The maximum atomic E-state index is 12.9. The van der Waals surface area contributed by atoms with Crippen molar-refractivity contribution in [1.82, 2.24) is 58.1 Å². The maximum absolute atomic E-state index is 12.9. The Bertz CT molecular complexity index is 3430. The predicted molar refractivity (Wildman–Crippen MR) is 315 cm³/mol. The van der Waals surface area contributed by atoms with Crippen molar-refractivity contribution >= 4 is 87.6 Å². The number of anilines is 3. The molecule has 0 unspecified atom stereocenters. The summed E-state index contributed by atoms with van der Waals surface area (Å²) >= 11 is 2.83. The Morgan fingerprint density at radius 2 is 1.12 bits per heavy atom. The summed E-state index contributed by atoms with van der Waals surface area (Å²) in [6, 6.07) is 9.69. The molecule has 0 atom stereocenters. The number of rotatable bonds is 17. The number of nitrogens with one attached hydrogen (secondary N) is 1. The highest BCUT2D eigenvalue weighted by Gasteiger charge is 2.23. The Balaban J connectivity index is 0.000000170. The zero-order valence-electron chi connectivity index (χ0n) is 46.4. The molecule has 2 aliphatic rings. The summed E-state index contributed by atoms with van der Waals surface area (Å²) in [5.41, 5.74) is 11.6. The molecule has 25 heteroatoms. The first kappa shape index (κ1) is 58.1. The fourth-order valence-corrected chi connectivity index (χ4v) is 12.7. The summed E-state index contributed by atoms with van der Waals surface area (Å²) in [5.74, 6) is 0.920. The molecule has 2 amide bonds. The lowest BCUT2D eigenvalue weighted by Gasteiger charge is -2.26. The largest absolute Gasteiger partial charge is 0.391 e. The molecule has 3 N–H and O–H groups in total. The highest BCUT2D eigenvalue weighted by atomic mass is 32.2. The first-order chi connectivity index (χ1) is 37.1. The Labute approximate surface area is 467 Å². The van der Waals surface area contributed by atoms with Crippen LogP contribution < -0.4 is 11.1 Å². The van der Waals surface area contributed by atoms with Crippen LogP contribution in [0.15, 0.2) is 78.9 Å². The second-order valence-corrected chi connectivity index (χ2v) is 37.7. The number of nitrogens with two attached hydrogens (primary N) is 1. The van der Waals surface area contributed by atoms with Gasteiger partial charge in [-0.2, -0.15) is 10.2 Å². The van der Waals surface area contributed by atoms with Crippen LogP contribution in [0.3, 0.4) is 0 Å². The molecule has 10 rings (SSSR count). The average Bonchev–Trinajstić information content (AvgIpc) is 4.38. The SMILES string of the molecule is Cc1cn2c(-c3cnn(COCC[Si](C)(C)C)c3)cnc2c(Nc2ccc(C(=O)N3CCCCC3)s2)n1.Cc1cn2c(-c3cnn(COCC[Si](C)(C)C)c3)cnc2c(S(C)(=O)=O)n1.Nc1ccc(C(=O)N2CCCCC2)s1. The maximum Gasteiger partial charge on any atom is 0.263 e. The molecule has 2 fully saturated rings. The molecular formula is C53H74N14O6S3Si2. The van der Waals surface area contributed by atoms with Gasteiger partial charge in [0.15, 0.2) is 32.0 Å². The molecule has 78 heavy (non-hydrogen) atoms. The average molecular weight is 1160 g/mol. The third-order valence-electron chi connectivity index (χ3n) is 13.0. The van der Waals surface area contributed by atoms with Crippen LogP contribution in [0.2, 0.25) is 51.4 Å². The molecule has 8 aromatic rings. The standard InChI is InChI=1S/C26H35N7O2SSi.C17H25N5O3SSi.C10H14N2OS/c1-19-16-33-21(20-14-28-32(17-20)18-35-12-13-37(2,3)4)15-27-25(33)24(29-19)30-23-9-8-22(36-23)26(34)31-10-6-5-7-11-31;1-13-10-22-15(9-18-16(22)17(20-13)26(2,23)24)14-8-19-21(11-14)12-25-6-7-27(3,4)5;11-9-5-4-8(14-9)10(13)12-6-2-1-3-7-12/h8-9,14-17H,5-7,10-13,18H2,1-4H3,(H,29,30);8-11H,6-7,12H2,1-5H3;4-5H,1-3,6-7,11H2. The van der Waals surface area contributed by atoms with Gasteiger partial charge in [-0.25, -0.2) is 37.7 Å². The number of nitrogen functional groups attached to an aromatic ring is 1. The minimum Gasteiger partial charge on any atom is -0.391 e. The quantitative estimate of drug-likeness (QED) is 0.0639. The van der Waals surface area contributed by atoms with Gasteiger partial charge in [0.1, 0.15) is 13.5 Å². The number of amides is 2. The third kappa shape index (κ3) is 15.6. The smallest absolute Gasteiger partial charge is 0.263 e. The van der Waals surface area contributed by atoms with Gasteiger partial charge in [0.05, 0.1) is 67.3 Å². The number of carbonyl (C=O) groups excluding carboxylic acids is 2. The van der Waals surface area contributed by atoms with Crippen molar-refractivity contribution in [3.63, 3.8) is 0 Å². The fraction of sp³-hybridized carbons (Fsp3) is 0.472. The molecule has 418 valence electrons. The summed E-state index contributed by atoms with van der Waals surface area (Å²) in [6.45, 7) is 23.5. The number of ether oxygens (including phenoxy) is 2. The van der Waals surface area contributed by atoms with Gasteiger partial charge in [0.2, 0.25) is 0 Å². The van der Waals surface area contributed by atoms with Gasteiger partial charge in [-0.15, -0.1) is 22.7 Å². The van der Waals surface area contributed by atoms with E-state index in [1.54, 1.807) is 40.7 Å². The van der Waals surface area contributed by atoms with Gasteiger partial charge in [0, 0.05) is 97.7 Å². The molecule has 20 nitrogen and oxygen atoms in total. The van der Waals surface area contributed by atoms with Gasteiger partial charge in [-0.05, 0) is 88.7 Å². The first-order valence-corrected chi connectivity index (χ1v) is 37.4. The van der Waals surface area contributed by atoms with Crippen molar-refractivity contribution in [3.8, 4) is 22.5 Å². The predicted octanol–water partition coefficient (Wildman–Crippen LogP) is 10.2. The number of sulfone groups is 1. The number of aryl methyl sites for hydroxylation is 2. The van der Waals surface area contributed by atoms with E-state index in [9.17, 15) is 18.0 Å². The van der Waals surface area contributed by atoms with Crippen molar-refractivity contribution in [2.45, 2.75) is 122 Å². The summed E-state index contributed by atoms with van der Waals surface area (Å²) in [4.78, 5) is 48.0. The van der Waals surface area contributed by atoms with Crippen molar-refractivity contribution in [3.05, 3.63) is 95.0 Å². The molecule has 8 aromatic heterocycles. The zero-order valence-corrected chi connectivity index (χ0v) is 50.8. The van der Waals surface area contributed by atoms with E-state index < -0.39 is 26.0 Å². The van der Waals surface area contributed by atoms with Gasteiger partial charge in [0.25, 0.3) is 11.8 Å². The number of hydrogen-bond donors (Lipinski definition) is 2. The second kappa shape index (κ2) is 25.4. The number of likely N-dealkylation sites (tertiary alicyclic amines) is 2. The van der Waals surface area contributed by atoms with Crippen LogP contribution in [0, 0.1) is 13.8 Å². The first-order valence-electron chi connectivity index (χ1n) is 26.5. The molecule has 0 aliphatic carbocycles. The molecule has 0 bridgehead atoms. The number of imidazole rings is 2. The molecule has 2 saturated heterocycles. The summed E-state index contributed by atoms with van der Waals surface area (Å²) in [6.07, 6.45) is 22.7. The van der Waals surface area contributed by atoms with Crippen molar-refractivity contribution in [2.75, 3.05) is 56.7 Å². The van der Waals surface area contributed by atoms with E-state index in [-0.39, 0.29) is 16.8 Å². The van der Waals surface area contributed by atoms with E-state index in [1.165, 1.54) is 35.5 Å². The van der Waals surface area contributed by atoms with Gasteiger partial charge in [-0.3, -0.25) is 18.4 Å². The van der Waals surface area contributed by atoms with Crippen LogP contribution in [0.5, 0.6) is 0 Å². The lowest BCUT2D eigenvalue weighted by atomic mass is 10.1. The molecule has 0 saturated carbocycles. The van der Waals surface area contributed by atoms with E-state index in [1.807, 2.05) is 75.0 Å². The number of fused-ring (bicyclic) bond motifs is 2.